The molecule has 0 atom stereocenters. The number of hydrogen-bond acceptors (Lipinski definition) is 3. The van der Waals surface area contributed by atoms with E-state index in [9.17, 15) is 9.59 Å². The molecular weight excluding hydrogens is 208 g/mol. The Kier molecular flexibility index (Phi) is 2.03. The first-order valence-electron chi connectivity index (χ1n) is 4.14. The second-order valence-electron chi connectivity index (χ2n) is 3.06. The number of carbonyl (C=O) groups is 1. The molecule has 14 heavy (non-hydrogen) atoms. The minimum absolute atomic E-state index is 0.212. The van der Waals surface area contributed by atoms with Crippen molar-refractivity contribution < 1.29 is 9.90 Å². The average molecular weight is 215 g/mol. The Morgan fingerprint density at radius 3 is 2.93 bits per heavy atom. The van der Waals surface area contributed by atoms with Crippen LogP contribution in [0.25, 0.3) is 0 Å². The monoisotopic (exact) mass is 214 g/mol. The highest BCUT2D eigenvalue weighted by atomic mass is 35.5. The van der Waals surface area contributed by atoms with Crippen molar-refractivity contribution >= 4 is 17.6 Å². The standard InChI is InChI=1S/C8H7ClN2O3/c9-6-5(8(13)14)7(12)11-3-1-2-4(11)10-6/h1-3H2,(H,13,14). The van der Waals surface area contributed by atoms with Crippen LogP contribution in [0.3, 0.4) is 0 Å². The summed E-state index contributed by atoms with van der Waals surface area (Å²) < 4.78 is 1.37. The normalized spacial score (nSPS) is 14.1. The topological polar surface area (TPSA) is 72.2 Å². The molecule has 2 heterocycles. The molecule has 1 aliphatic heterocycles. The molecule has 0 fully saturated rings. The van der Waals surface area contributed by atoms with E-state index >= 15 is 0 Å². The molecule has 1 aromatic heterocycles. The summed E-state index contributed by atoms with van der Waals surface area (Å²) in [7, 11) is 0. The van der Waals surface area contributed by atoms with Crippen molar-refractivity contribution in [2.24, 2.45) is 0 Å². The van der Waals surface area contributed by atoms with Gasteiger partial charge in [0.25, 0.3) is 5.56 Å². The summed E-state index contributed by atoms with van der Waals surface area (Å²) in [6, 6.07) is 0. The van der Waals surface area contributed by atoms with Gasteiger partial charge in [0, 0.05) is 13.0 Å². The highest BCUT2D eigenvalue weighted by Gasteiger charge is 2.22. The first-order valence-corrected chi connectivity index (χ1v) is 4.51. The zero-order valence-electron chi connectivity index (χ0n) is 7.16. The van der Waals surface area contributed by atoms with Gasteiger partial charge in [-0.1, -0.05) is 11.6 Å². The van der Waals surface area contributed by atoms with E-state index in [0.717, 1.165) is 6.42 Å². The van der Waals surface area contributed by atoms with Crippen LogP contribution < -0.4 is 5.56 Å². The number of rotatable bonds is 1. The molecule has 0 spiro atoms. The predicted octanol–water partition coefficient (Wildman–Crippen LogP) is 0.541. The second kappa shape index (κ2) is 3.09. The molecule has 5 nitrogen and oxygen atoms in total. The summed E-state index contributed by atoms with van der Waals surface area (Å²) in [6.45, 7) is 0.526. The summed E-state index contributed by atoms with van der Waals surface area (Å²) in [4.78, 5) is 26.2. The van der Waals surface area contributed by atoms with Crippen LogP contribution in [-0.4, -0.2) is 20.6 Å². The van der Waals surface area contributed by atoms with Gasteiger partial charge in [-0.05, 0) is 6.42 Å². The van der Waals surface area contributed by atoms with Crippen LogP contribution in [-0.2, 0) is 13.0 Å². The van der Waals surface area contributed by atoms with Gasteiger partial charge in [-0.3, -0.25) is 9.36 Å². The maximum absolute atomic E-state index is 11.6. The number of nitrogens with zero attached hydrogens (tertiary/aromatic N) is 2. The lowest BCUT2D eigenvalue weighted by atomic mass is 10.3. The number of fused-ring (bicyclic) bond motifs is 1. The van der Waals surface area contributed by atoms with Gasteiger partial charge in [0.2, 0.25) is 0 Å². The smallest absolute Gasteiger partial charge is 0.344 e. The van der Waals surface area contributed by atoms with Crippen molar-refractivity contribution in [1.29, 1.82) is 0 Å². The molecule has 0 amide bonds. The van der Waals surface area contributed by atoms with E-state index in [4.69, 9.17) is 16.7 Å². The van der Waals surface area contributed by atoms with E-state index in [-0.39, 0.29) is 5.15 Å². The summed E-state index contributed by atoms with van der Waals surface area (Å²) in [5.74, 6) is -0.750. The maximum atomic E-state index is 11.6. The summed E-state index contributed by atoms with van der Waals surface area (Å²) in [5.41, 5.74) is -0.984. The Balaban J connectivity index is 2.75. The molecule has 0 bridgehead atoms. The van der Waals surface area contributed by atoms with Crippen LogP contribution >= 0.6 is 11.6 Å². The van der Waals surface area contributed by atoms with Crippen molar-refractivity contribution in [3.8, 4) is 0 Å². The fraction of sp³-hybridized carbons (Fsp3) is 0.375. The van der Waals surface area contributed by atoms with Gasteiger partial charge in [-0.25, -0.2) is 9.78 Å². The third-order valence-corrected chi connectivity index (χ3v) is 2.47. The number of carboxylic acids is 1. The lowest BCUT2D eigenvalue weighted by molar-refractivity contribution is 0.0694. The lowest BCUT2D eigenvalue weighted by Crippen LogP contribution is -2.27. The van der Waals surface area contributed by atoms with Crippen LogP contribution in [0.1, 0.15) is 22.6 Å². The van der Waals surface area contributed by atoms with Crippen molar-refractivity contribution in [3.05, 3.63) is 26.9 Å². The zero-order chi connectivity index (χ0) is 10.3. The first kappa shape index (κ1) is 9.21. The third kappa shape index (κ3) is 1.21. The highest BCUT2D eigenvalue weighted by molar-refractivity contribution is 6.32. The summed E-state index contributed by atoms with van der Waals surface area (Å²) >= 11 is 5.60. The molecule has 0 saturated carbocycles. The molecule has 0 aliphatic carbocycles. The van der Waals surface area contributed by atoms with E-state index in [0.29, 0.717) is 18.8 Å². The van der Waals surface area contributed by atoms with Gasteiger partial charge in [-0.15, -0.1) is 0 Å². The number of halogens is 1. The number of carboxylic acid groups (broad SMARTS) is 1. The Bertz CT molecular complexity index is 466. The molecule has 0 radical (unpaired) electrons. The molecule has 74 valence electrons. The fourth-order valence-electron chi connectivity index (χ4n) is 1.57. The van der Waals surface area contributed by atoms with Gasteiger partial charge in [-0.2, -0.15) is 0 Å². The van der Waals surface area contributed by atoms with E-state index in [2.05, 4.69) is 4.98 Å². The highest BCUT2D eigenvalue weighted by Crippen LogP contribution is 2.15. The number of hydrogen-bond donors (Lipinski definition) is 1. The van der Waals surface area contributed by atoms with Crippen LogP contribution in [0.15, 0.2) is 4.79 Å². The van der Waals surface area contributed by atoms with Crippen LogP contribution in [0.4, 0.5) is 0 Å². The van der Waals surface area contributed by atoms with Crippen molar-refractivity contribution in [1.82, 2.24) is 9.55 Å². The van der Waals surface area contributed by atoms with Crippen molar-refractivity contribution in [2.75, 3.05) is 0 Å². The Morgan fingerprint density at radius 1 is 1.57 bits per heavy atom. The van der Waals surface area contributed by atoms with E-state index in [1.54, 1.807) is 0 Å². The van der Waals surface area contributed by atoms with Crippen LogP contribution in [0, 0.1) is 0 Å². The van der Waals surface area contributed by atoms with Gasteiger partial charge in [0.05, 0.1) is 0 Å². The number of aromatic carboxylic acids is 1. The van der Waals surface area contributed by atoms with Crippen LogP contribution in [0.5, 0.6) is 0 Å². The zero-order valence-corrected chi connectivity index (χ0v) is 7.91. The van der Waals surface area contributed by atoms with Gasteiger partial charge in [0.15, 0.2) is 10.7 Å². The minimum Gasteiger partial charge on any atom is -0.477 e. The van der Waals surface area contributed by atoms with Gasteiger partial charge < -0.3 is 5.11 Å². The number of aryl methyl sites for hydroxylation is 1. The van der Waals surface area contributed by atoms with Gasteiger partial charge in [0.1, 0.15) is 5.82 Å². The van der Waals surface area contributed by atoms with Crippen LogP contribution in [0.2, 0.25) is 5.15 Å². The van der Waals surface area contributed by atoms with Gasteiger partial charge >= 0.3 is 5.97 Å². The summed E-state index contributed by atoms with van der Waals surface area (Å²) in [5, 5.41) is 8.53. The third-order valence-electron chi connectivity index (χ3n) is 2.20. The van der Waals surface area contributed by atoms with E-state index < -0.39 is 17.1 Å². The molecule has 0 saturated heterocycles. The Morgan fingerprint density at radius 2 is 2.29 bits per heavy atom. The number of aromatic nitrogens is 2. The first-order chi connectivity index (χ1) is 6.61. The molecular formula is C8H7ClN2O3. The van der Waals surface area contributed by atoms with Crippen molar-refractivity contribution in [3.63, 3.8) is 0 Å². The molecule has 0 aromatic carbocycles. The fourth-order valence-corrected chi connectivity index (χ4v) is 1.83. The van der Waals surface area contributed by atoms with E-state index in [1.165, 1.54) is 4.57 Å². The Hall–Kier alpha value is -1.36. The van der Waals surface area contributed by atoms with E-state index in [1.807, 2.05) is 0 Å². The largest absolute Gasteiger partial charge is 0.477 e. The average Bonchev–Trinajstić information content (AvgIpc) is 2.50. The maximum Gasteiger partial charge on any atom is 0.344 e. The second-order valence-corrected chi connectivity index (χ2v) is 3.42. The lowest BCUT2D eigenvalue weighted by Gasteiger charge is -2.04. The Labute approximate surface area is 84.0 Å². The SMILES string of the molecule is O=C(O)c1c(Cl)nc2n(c1=O)CCC2. The molecule has 1 aromatic rings. The predicted molar refractivity (Wildman–Crippen MR) is 48.8 cm³/mol. The molecule has 2 rings (SSSR count). The molecule has 6 heteroatoms. The summed E-state index contributed by atoms with van der Waals surface area (Å²) in [6.07, 6.45) is 1.48. The molecule has 1 N–H and O–H groups in total. The quantitative estimate of drug-likeness (QED) is 0.693. The molecule has 1 aliphatic rings. The van der Waals surface area contributed by atoms with Crippen molar-refractivity contribution in [2.45, 2.75) is 19.4 Å². The molecule has 0 unspecified atom stereocenters. The minimum atomic E-state index is -1.32.